The van der Waals surface area contributed by atoms with Crippen LogP contribution < -0.4 is 0 Å². The van der Waals surface area contributed by atoms with Crippen LogP contribution in [0.15, 0.2) is 58.7 Å². The number of rotatable bonds is 24. The van der Waals surface area contributed by atoms with Gasteiger partial charge in [0.25, 0.3) is 0 Å². The third-order valence-electron chi connectivity index (χ3n) is 12.6. The molecule has 8 N–H and O–H groups in total. The van der Waals surface area contributed by atoms with Crippen LogP contribution in [0, 0.1) is 11.8 Å². The van der Waals surface area contributed by atoms with E-state index < -0.39 is 138 Å². The smallest absolute Gasteiger partial charge is 0.342 e. The quantitative estimate of drug-likeness (QED) is 0.0229. The highest BCUT2D eigenvalue weighted by Crippen LogP contribution is 2.45. The molecular weight excluding hydrogens is 983 g/mol. The zero-order chi connectivity index (χ0) is 54.5. The maximum atomic E-state index is 13.4. The van der Waals surface area contributed by atoms with Crippen molar-refractivity contribution in [1.29, 1.82) is 0 Å². The number of carbonyl (C=O) groups excluding carboxylic acids is 2. The first-order valence-corrected chi connectivity index (χ1v) is 24.9. The number of aliphatic hydroxyl groups excluding tert-OH is 5. The van der Waals surface area contributed by atoms with Gasteiger partial charge in [-0.05, 0) is 103 Å². The summed E-state index contributed by atoms with van der Waals surface area (Å²) in [4.78, 5) is 38.2. The second-order valence-electron chi connectivity index (χ2n) is 19.2. The number of allylic oxidation sites excluding steroid dienone is 5. The lowest BCUT2D eigenvalue weighted by atomic mass is 9.88. The van der Waals surface area contributed by atoms with Crippen LogP contribution in [0.4, 0.5) is 0 Å². The summed E-state index contributed by atoms with van der Waals surface area (Å²) in [7, 11) is 1.24. The predicted octanol–water partition coefficient (Wildman–Crippen LogP) is 6.78. The van der Waals surface area contributed by atoms with Crippen molar-refractivity contribution in [2.45, 2.75) is 187 Å². The van der Waals surface area contributed by atoms with Gasteiger partial charge < -0.3 is 74.0 Å². The van der Waals surface area contributed by atoms with E-state index >= 15 is 0 Å². The Morgan fingerprint density at radius 3 is 2.11 bits per heavy atom. The number of carboxylic acids is 1. The van der Waals surface area contributed by atoms with Gasteiger partial charge >= 0.3 is 17.9 Å². The van der Waals surface area contributed by atoms with Crippen molar-refractivity contribution in [3.8, 4) is 11.5 Å². The summed E-state index contributed by atoms with van der Waals surface area (Å²) in [6, 6.07) is 0. The van der Waals surface area contributed by atoms with Crippen LogP contribution in [-0.2, 0) is 49.2 Å². The topological polar surface area (TPSA) is 278 Å². The van der Waals surface area contributed by atoms with E-state index in [1.807, 2.05) is 39.0 Å². The summed E-state index contributed by atoms with van der Waals surface area (Å²) < 4.78 is 41.0. The summed E-state index contributed by atoms with van der Waals surface area (Å²) in [6.45, 7) is 18.3. The molecule has 0 radical (unpaired) electrons. The predicted molar refractivity (Wildman–Crippen MR) is 267 cm³/mol. The fourth-order valence-corrected chi connectivity index (χ4v) is 8.86. The number of phenols is 2. The summed E-state index contributed by atoms with van der Waals surface area (Å²) in [6.07, 6.45) is -2.63. The molecule has 2 heterocycles. The van der Waals surface area contributed by atoms with Crippen LogP contribution in [0.1, 0.15) is 118 Å². The number of carbonyl (C=O) groups is 3. The largest absolute Gasteiger partial charge is 0.505 e. The van der Waals surface area contributed by atoms with Gasteiger partial charge in [-0.1, -0.05) is 86.9 Å². The fourth-order valence-electron chi connectivity index (χ4n) is 8.30. The monoisotopic (exact) mass is 1060 g/mol. The summed E-state index contributed by atoms with van der Waals surface area (Å²) in [5.74, 6) is -5.28. The Bertz CT molecular complexity index is 2160. The number of aliphatic hydroxyl groups is 5. The van der Waals surface area contributed by atoms with E-state index in [4.69, 9.17) is 56.4 Å². The Morgan fingerprint density at radius 2 is 1.54 bits per heavy atom. The maximum absolute atomic E-state index is 13.4. The minimum atomic E-state index is -1.60. The molecule has 0 spiro atoms. The number of hydrogen-bond donors (Lipinski definition) is 8. The average molecular weight is 1060 g/mol. The fraction of sp³-hybridized carbons (Fsp3) is 0.635. The van der Waals surface area contributed by atoms with E-state index in [9.17, 15) is 55.2 Å². The SMILES string of the molecule is CCc1c(Cl)c(O)c(Cl)c(O)c1C(=O)O[C@H]1[C@H](O)[C@H](OC)[C@H](OC/C(=C\C=C\C[C@H](O)/C(C)=C/[C@H](CC)[C@@H](O[C@@H]2OC(C)(C)[C@@H](OC(=O)C(C)C)[C@H](O)[C@@H]2O)/C(C)=C/C(C)=C/CC[C@@H](C)O)C(=O)O)O[C@@H]1C. The van der Waals surface area contributed by atoms with Gasteiger partial charge in [-0.25, -0.2) is 9.59 Å². The molecule has 2 aliphatic heterocycles. The normalized spacial score (nSPS) is 27.1. The van der Waals surface area contributed by atoms with Gasteiger partial charge in [-0.3, -0.25) is 4.79 Å². The van der Waals surface area contributed by atoms with Crippen molar-refractivity contribution in [2.24, 2.45) is 11.8 Å². The number of halogens is 2. The Hall–Kier alpha value is -3.89. The van der Waals surface area contributed by atoms with Crippen molar-refractivity contribution in [3.63, 3.8) is 0 Å². The number of aromatic hydroxyl groups is 2. The average Bonchev–Trinajstić information content (AvgIpc) is 3.30. The molecule has 0 bridgehead atoms. The number of aliphatic carboxylic acids is 1. The highest BCUT2D eigenvalue weighted by molar-refractivity contribution is 6.39. The van der Waals surface area contributed by atoms with Crippen molar-refractivity contribution in [3.05, 3.63) is 79.9 Å². The highest BCUT2D eigenvalue weighted by atomic mass is 35.5. The first kappa shape index (κ1) is 62.4. The Balaban J connectivity index is 1.79. The van der Waals surface area contributed by atoms with Gasteiger partial charge in [0.1, 0.15) is 40.6 Å². The van der Waals surface area contributed by atoms with E-state index in [2.05, 4.69) is 0 Å². The molecule has 2 saturated heterocycles. The van der Waals surface area contributed by atoms with E-state index in [1.165, 1.54) is 26.2 Å². The number of esters is 2. The molecule has 20 heteroatoms. The summed E-state index contributed by atoms with van der Waals surface area (Å²) >= 11 is 12.2. The van der Waals surface area contributed by atoms with Crippen LogP contribution in [0.2, 0.25) is 10.0 Å². The molecule has 1 aromatic rings. The maximum Gasteiger partial charge on any atom is 0.342 e. The van der Waals surface area contributed by atoms with Crippen LogP contribution in [0.25, 0.3) is 0 Å². The lowest BCUT2D eigenvalue weighted by Crippen LogP contribution is -2.64. The van der Waals surface area contributed by atoms with Crippen molar-refractivity contribution in [2.75, 3.05) is 13.7 Å². The Kier molecular flexibility index (Phi) is 24.4. The minimum Gasteiger partial charge on any atom is -0.505 e. The number of benzene rings is 1. The van der Waals surface area contributed by atoms with Gasteiger partial charge in [0.15, 0.2) is 36.3 Å². The van der Waals surface area contributed by atoms with Crippen LogP contribution in [0.3, 0.4) is 0 Å². The molecule has 1 aromatic carbocycles. The highest BCUT2D eigenvalue weighted by Gasteiger charge is 2.53. The van der Waals surface area contributed by atoms with E-state index in [-0.39, 0.29) is 29.0 Å². The van der Waals surface area contributed by atoms with Crippen molar-refractivity contribution in [1.82, 2.24) is 0 Å². The molecule has 0 saturated carbocycles. The lowest BCUT2D eigenvalue weighted by Gasteiger charge is -2.47. The number of hydrogen-bond acceptors (Lipinski definition) is 17. The van der Waals surface area contributed by atoms with E-state index in [0.29, 0.717) is 24.8 Å². The second kappa shape index (κ2) is 28.1. The standard InChI is InChI=1S/C52H76Cl2O18/c1-13-31(43(28(7)22-26(5)18-17-19-29(8)55)70-50-41(60)40(59)46(52(10,11)72-50)71-48(64)25(3)4)23-27(6)34(56)21-16-15-20-32(47(62)63)24-67-51-45(66-12)42(61)44(30(9)68-51)69-49(65)35-33(14-2)36(53)39(58)37(54)38(35)57/h15-16,18,20,22-23,25,29-31,34,40-46,50-51,55-61H,13-14,17,19,21,24H2,1-12H3,(H,62,63)/b16-15+,26-18+,27-23+,28-22+,32-20+/t29-,30-,31+,34+,40-,41+,42+,43+,44-,45+,46+,50-,51-/m1/s1. The molecule has 13 atom stereocenters. The zero-order valence-electron chi connectivity index (χ0n) is 43.2. The molecule has 18 nitrogen and oxygen atoms in total. The second-order valence-corrected chi connectivity index (χ2v) is 19.9. The number of carboxylic acid groups (broad SMARTS) is 1. The Labute approximate surface area is 432 Å². The van der Waals surface area contributed by atoms with Gasteiger partial charge in [-0.2, -0.15) is 0 Å². The van der Waals surface area contributed by atoms with Gasteiger partial charge in [0.05, 0.1) is 47.5 Å². The van der Waals surface area contributed by atoms with E-state index in [1.54, 1.807) is 54.5 Å². The summed E-state index contributed by atoms with van der Waals surface area (Å²) in [5, 5.41) is 84.9. The van der Waals surface area contributed by atoms with Gasteiger partial charge in [0.2, 0.25) is 0 Å². The molecule has 2 fully saturated rings. The zero-order valence-corrected chi connectivity index (χ0v) is 44.7. The van der Waals surface area contributed by atoms with Crippen LogP contribution in [0.5, 0.6) is 11.5 Å². The molecule has 3 rings (SSSR count). The molecular formula is C52H76Cl2O18. The first-order valence-electron chi connectivity index (χ1n) is 24.1. The molecule has 406 valence electrons. The van der Waals surface area contributed by atoms with Crippen LogP contribution >= 0.6 is 23.2 Å². The molecule has 0 aliphatic carbocycles. The minimum absolute atomic E-state index is 0.0556. The number of methoxy groups -OCH3 is 1. The first-order chi connectivity index (χ1) is 33.6. The molecule has 0 aromatic heterocycles. The van der Waals surface area contributed by atoms with Crippen molar-refractivity contribution < 1.29 is 88.4 Å². The molecule has 2 aliphatic rings. The number of phenolic OH excluding ortho intramolecular Hbond substituents is 2. The lowest BCUT2D eigenvalue weighted by molar-refractivity contribution is -0.333. The summed E-state index contributed by atoms with van der Waals surface area (Å²) in [5.41, 5.74) is 0.358. The third kappa shape index (κ3) is 16.3. The van der Waals surface area contributed by atoms with Gasteiger partial charge in [0, 0.05) is 13.0 Å². The van der Waals surface area contributed by atoms with Crippen molar-refractivity contribution >= 4 is 41.1 Å². The molecule has 0 amide bonds. The molecule has 72 heavy (non-hydrogen) atoms. The van der Waals surface area contributed by atoms with Crippen LogP contribution in [-0.4, -0.2) is 152 Å². The van der Waals surface area contributed by atoms with E-state index in [0.717, 1.165) is 11.1 Å². The van der Waals surface area contributed by atoms with Gasteiger partial charge in [-0.15, -0.1) is 0 Å². The third-order valence-corrected chi connectivity index (χ3v) is 13.3. The number of ether oxygens (including phenoxy) is 7. The molecule has 0 unspecified atom stereocenters. The Morgan fingerprint density at radius 1 is 0.889 bits per heavy atom.